The number of carbonyl (C=O) groups excluding carboxylic acids is 1. The molecule has 0 bridgehead atoms. The average molecular weight is 385 g/mol. The number of rotatable bonds is 1. The topological polar surface area (TPSA) is 32.8 Å². The third-order valence-electron chi connectivity index (χ3n) is 3.94. The molecule has 0 aliphatic carbocycles. The first-order valence-electron chi connectivity index (χ1n) is 7.47. The average Bonchev–Trinajstić information content (AvgIpc) is 2.35. The lowest BCUT2D eigenvalue weighted by Crippen LogP contribution is -2.83. The van der Waals surface area contributed by atoms with Crippen LogP contribution in [-0.4, -0.2) is 102 Å². The molecule has 1 unspecified atom stereocenters. The van der Waals surface area contributed by atoms with Gasteiger partial charge in [0.1, 0.15) is 0 Å². The minimum atomic E-state index is -5.92. The first kappa shape index (κ1) is 24.2. The first-order valence-corrected chi connectivity index (χ1v) is 7.47. The third kappa shape index (κ3) is 4.59. The molecule has 0 aromatic heterocycles. The van der Waals surface area contributed by atoms with E-state index in [4.69, 9.17) is 39.2 Å². The summed E-state index contributed by atoms with van der Waals surface area (Å²) in [6, 6.07) is 0. The molecular formula is C12H13B5F6N2O2. The Bertz CT molecular complexity index is 564. The summed E-state index contributed by atoms with van der Waals surface area (Å²) in [6.45, 7) is 4.12. The van der Waals surface area contributed by atoms with Gasteiger partial charge in [-0.3, -0.25) is 0 Å². The van der Waals surface area contributed by atoms with Crippen molar-refractivity contribution in [3.8, 4) is 0 Å². The van der Waals surface area contributed by atoms with Crippen molar-refractivity contribution >= 4 is 45.3 Å². The molecule has 0 aromatic rings. The van der Waals surface area contributed by atoms with Gasteiger partial charge in [-0.1, -0.05) is 0 Å². The number of hydrogen-bond acceptors (Lipinski definition) is 3. The van der Waals surface area contributed by atoms with Crippen LogP contribution < -0.4 is 0 Å². The zero-order valence-corrected chi connectivity index (χ0v) is 14.7. The highest BCUT2D eigenvalue weighted by Gasteiger charge is 2.61. The van der Waals surface area contributed by atoms with Crippen LogP contribution in [0.25, 0.3) is 0 Å². The molecule has 0 saturated carbocycles. The van der Waals surface area contributed by atoms with Gasteiger partial charge in [0.2, 0.25) is 0 Å². The lowest BCUT2D eigenvalue weighted by molar-refractivity contribution is -0.309. The van der Waals surface area contributed by atoms with E-state index in [9.17, 15) is 31.1 Å². The van der Waals surface area contributed by atoms with Crippen molar-refractivity contribution in [1.82, 2.24) is 9.80 Å². The number of halogens is 6. The Hall–Kier alpha value is -0.865. The second-order valence-electron chi connectivity index (χ2n) is 7.22. The fourth-order valence-corrected chi connectivity index (χ4v) is 2.86. The number of hydrogen-bond donors (Lipinski definition) is 0. The standard InChI is InChI=1S/C12H13B5F6N2O2/c1-8(2,3)25-5(13)4-24(11(14,15)12(25,16)17)7(26)27-6(9(18,19)20)10(21,22)23/h5-6H,4H2,1-3H3. The van der Waals surface area contributed by atoms with Crippen LogP contribution in [0.5, 0.6) is 0 Å². The van der Waals surface area contributed by atoms with Gasteiger partial charge in [-0.2, -0.15) is 26.3 Å². The van der Waals surface area contributed by atoms with Crippen molar-refractivity contribution in [1.29, 1.82) is 0 Å². The lowest BCUT2D eigenvalue weighted by Gasteiger charge is -2.66. The maximum atomic E-state index is 12.6. The van der Waals surface area contributed by atoms with E-state index in [1.165, 1.54) is 4.90 Å². The number of alkyl halides is 6. The summed E-state index contributed by atoms with van der Waals surface area (Å²) in [6.07, 6.45) is -18.4. The van der Waals surface area contributed by atoms with Crippen molar-refractivity contribution in [3.05, 3.63) is 0 Å². The summed E-state index contributed by atoms with van der Waals surface area (Å²) in [5, 5.41) is -4.94. The van der Waals surface area contributed by atoms with Crippen LogP contribution in [0.1, 0.15) is 20.8 Å². The van der Waals surface area contributed by atoms with Gasteiger partial charge in [0.15, 0.2) is 0 Å². The van der Waals surface area contributed by atoms with Gasteiger partial charge >= 0.3 is 18.4 Å². The van der Waals surface area contributed by atoms with E-state index in [0.29, 0.717) is 0 Å². The van der Waals surface area contributed by atoms with Crippen LogP contribution >= 0.6 is 0 Å². The Morgan fingerprint density at radius 3 is 1.74 bits per heavy atom. The Morgan fingerprint density at radius 1 is 1.00 bits per heavy atom. The molecule has 0 aromatic carbocycles. The minimum Gasteiger partial charge on any atom is -0.426 e. The summed E-state index contributed by atoms with van der Waals surface area (Å²) >= 11 is 0. The van der Waals surface area contributed by atoms with Crippen molar-refractivity contribution in [2.24, 2.45) is 0 Å². The number of piperazine rings is 1. The Balaban J connectivity index is 3.26. The second-order valence-corrected chi connectivity index (χ2v) is 7.22. The molecule has 1 amide bonds. The molecule has 0 spiro atoms. The van der Waals surface area contributed by atoms with E-state index >= 15 is 0 Å². The van der Waals surface area contributed by atoms with Gasteiger partial charge in [-0.15, -0.1) is 0 Å². The fraction of sp³-hybridized carbons (Fsp3) is 0.917. The van der Waals surface area contributed by atoms with Gasteiger partial charge in [-0.25, -0.2) is 4.79 Å². The predicted molar refractivity (Wildman–Crippen MR) is 88.7 cm³/mol. The molecule has 1 saturated heterocycles. The third-order valence-corrected chi connectivity index (χ3v) is 3.94. The number of ether oxygens (including phenoxy) is 1. The monoisotopic (exact) mass is 386 g/mol. The summed E-state index contributed by atoms with van der Waals surface area (Å²) in [7, 11) is 29.1. The van der Waals surface area contributed by atoms with Gasteiger partial charge in [0.25, 0.3) is 6.10 Å². The SMILES string of the molecule is [B]C1CN(C(=O)OC(C(F)(F)F)C(F)(F)F)C([B])([B])C([B])([B])N1C(C)(C)C. The molecular weight excluding hydrogens is 372 g/mol. The van der Waals surface area contributed by atoms with E-state index in [2.05, 4.69) is 4.74 Å². The number of amides is 1. The highest BCUT2D eigenvalue weighted by atomic mass is 19.4. The molecule has 10 radical (unpaired) electrons. The van der Waals surface area contributed by atoms with E-state index in [1.54, 1.807) is 20.8 Å². The molecule has 1 fully saturated rings. The van der Waals surface area contributed by atoms with Crippen LogP contribution in [0.4, 0.5) is 31.1 Å². The normalized spacial score (nSPS) is 24.1. The zero-order chi connectivity index (χ0) is 21.8. The van der Waals surface area contributed by atoms with Crippen LogP contribution in [0.15, 0.2) is 0 Å². The molecule has 0 N–H and O–H groups in total. The van der Waals surface area contributed by atoms with Crippen LogP contribution in [-0.2, 0) is 4.74 Å². The number of carbonyl (C=O) groups is 1. The lowest BCUT2D eigenvalue weighted by atomic mass is 9.35. The summed E-state index contributed by atoms with van der Waals surface area (Å²) in [5.41, 5.74) is -0.872. The van der Waals surface area contributed by atoms with Gasteiger partial charge in [-0.05, 0) is 37.4 Å². The summed E-state index contributed by atoms with van der Waals surface area (Å²) in [4.78, 5) is 13.4. The summed E-state index contributed by atoms with van der Waals surface area (Å²) in [5.74, 6) is -1.22. The smallest absolute Gasteiger partial charge is 0.426 e. The molecule has 1 aliphatic rings. The van der Waals surface area contributed by atoms with Gasteiger partial charge < -0.3 is 14.5 Å². The molecule has 1 heterocycles. The van der Waals surface area contributed by atoms with E-state index in [0.717, 1.165) is 0 Å². The molecule has 1 atom stereocenters. The quantitative estimate of drug-likeness (QED) is 0.487. The largest absolute Gasteiger partial charge is 0.434 e. The van der Waals surface area contributed by atoms with Crippen molar-refractivity contribution in [3.63, 3.8) is 0 Å². The molecule has 1 rings (SSSR count). The molecule has 1 aliphatic heterocycles. The Morgan fingerprint density at radius 2 is 1.41 bits per heavy atom. The molecule has 27 heavy (non-hydrogen) atoms. The van der Waals surface area contributed by atoms with Gasteiger partial charge in [0, 0.05) is 12.1 Å². The highest BCUT2D eigenvalue weighted by Crippen LogP contribution is 2.39. The minimum absolute atomic E-state index is 0.143. The zero-order valence-electron chi connectivity index (χ0n) is 14.7. The molecule has 4 nitrogen and oxygen atoms in total. The molecule has 15 heteroatoms. The number of nitrogens with zero attached hydrogens (tertiary/aromatic N) is 2. The Kier molecular flexibility index (Phi) is 6.16. The maximum absolute atomic E-state index is 12.6. The fourth-order valence-electron chi connectivity index (χ4n) is 2.86. The van der Waals surface area contributed by atoms with Crippen LogP contribution in [0, 0.1) is 0 Å². The van der Waals surface area contributed by atoms with Crippen molar-refractivity contribution in [2.45, 2.75) is 61.4 Å². The van der Waals surface area contributed by atoms with Crippen molar-refractivity contribution in [2.75, 3.05) is 6.54 Å². The van der Waals surface area contributed by atoms with Crippen molar-refractivity contribution < 1.29 is 35.9 Å². The molecule has 140 valence electrons. The second kappa shape index (κ2) is 6.88. The van der Waals surface area contributed by atoms with Gasteiger partial charge in [0.05, 0.1) is 39.2 Å². The summed E-state index contributed by atoms with van der Waals surface area (Å²) < 4.78 is 79.3. The van der Waals surface area contributed by atoms with E-state index < -0.39 is 53.2 Å². The highest BCUT2D eigenvalue weighted by molar-refractivity contribution is 6.55. The van der Waals surface area contributed by atoms with E-state index in [1.807, 2.05) is 0 Å². The predicted octanol–water partition coefficient (Wildman–Crippen LogP) is 0.508. The maximum Gasteiger partial charge on any atom is 0.434 e. The van der Waals surface area contributed by atoms with E-state index in [-0.39, 0.29) is 4.90 Å². The van der Waals surface area contributed by atoms with Crippen LogP contribution in [0.2, 0.25) is 0 Å². The first-order chi connectivity index (χ1) is 11.6. The van der Waals surface area contributed by atoms with Crippen LogP contribution in [0.3, 0.4) is 0 Å². The Labute approximate surface area is 159 Å².